The van der Waals surface area contributed by atoms with Crippen LogP contribution in [0.2, 0.25) is 10.0 Å². The van der Waals surface area contributed by atoms with Gasteiger partial charge in [0.2, 0.25) is 0 Å². The van der Waals surface area contributed by atoms with Crippen molar-refractivity contribution in [2.45, 2.75) is 6.54 Å². The van der Waals surface area contributed by atoms with E-state index in [9.17, 15) is 15.2 Å². The van der Waals surface area contributed by atoms with E-state index in [1.165, 1.54) is 18.2 Å². The van der Waals surface area contributed by atoms with Crippen molar-refractivity contribution in [2.24, 2.45) is 0 Å². The summed E-state index contributed by atoms with van der Waals surface area (Å²) < 4.78 is 0. The van der Waals surface area contributed by atoms with Crippen LogP contribution in [0.4, 0.5) is 10.7 Å². The molecule has 0 aliphatic carbocycles. The topological polar surface area (TPSA) is 75.4 Å². The van der Waals surface area contributed by atoms with Gasteiger partial charge in [-0.2, -0.15) is 0 Å². The molecule has 2 aromatic rings. The van der Waals surface area contributed by atoms with E-state index in [0.717, 1.165) is 16.2 Å². The summed E-state index contributed by atoms with van der Waals surface area (Å²) >= 11 is 12.7. The summed E-state index contributed by atoms with van der Waals surface area (Å²) in [5, 5.41) is 23.4. The van der Waals surface area contributed by atoms with E-state index in [1.54, 1.807) is 6.07 Å². The molecule has 0 aliphatic rings. The molecule has 5 nitrogen and oxygen atoms in total. The fourth-order valence-electron chi connectivity index (χ4n) is 1.42. The molecule has 2 rings (SSSR count). The lowest BCUT2D eigenvalue weighted by atomic mass is 10.3. The summed E-state index contributed by atoms with van der Waals surface area (Å²) in [5.74, 6) is -0.166. The molecule has 0 saturated carbocycles. The molecule has 0 unspecified atom stereocenters. The van der Waals surface area contributed by atoms with Crippen molar-refractivity contribution >= 4 is 45.2 Å². The number of hydrogen-bond acceptors (Lipinski definition) is 5. The first-order valence-corrected chi connectivity index (χ1v) is 6.69. The highest BCUT2D eigenvalue weighted by Crippen LogP contribution is 2.35. The Labute approximate surface area is 122 Å². The molecule has 1 aromatic carbocycles. The molecule has 1 aromatic heterocycles. The number of benzene rings is 1. The molecular formula is C11H8Cl2N2O3S. The number of halogens is 2. The molecule has 0 saturated heterocycles. The van der Waals surface area contributed by atoms with Gasteiger partial charge in [0.15, 0.2) is 5.75 Å². The molecule has 0 spiro atoms. The lowest BCUT2D eigenvalue weighted by molar-refractivity contribution is -0.380. The van der Waals surface area contributed by atoms with Gasteiger partial charge in [0.1, 0.15) is 0 Å². The number of nitrogens with zero attached hydrogens (tertiary/aromatic N) is 1. The largest absolute Gasteiger partial charge is 0.505 e. The highest BCUT2D eigenvalue weighted by molar-refractivity contribution is 7.15. The van der Waals surface area contributed by atoms with E-state index >= 15 is 0 Å². The molecule has 2 N–H and O–H groups in total. The smallest absolute Gasteiger partial charge is 0.324 e. The van der Waals surface area contributed by atoms with E-state index in [4.69, 9.17) is 23.2 Å². The van der Waals surface area contributed by atoms with Gasteiger partial charge in [0.25, 0.3) is 0 Å². The third kappa shape index (κ3) is 3.28. The van der Waals surface area contributed by atoms with Gasteiger partial charge in [-0.25, -0.2) is 0 Å². The molecule has 0 radical (unpaired) electrons. The number of nitrogens with one attached hydrogen (secondary N) is 1. The third-order valence-electron chi connectivity index (χ3n) is 2.31. The summed E-state index contributed by atoms with van der Waals surface area (Å²) in [5.41, 5.74) is 0.629. The first-order chi connectivity index (χ1) is 8.97. The second-order valence-electron chi connectivity index (χ2n) is 3.64. The minimum atomic E-state index is -0.428. The summed E-state index contributed by atoms with van der Waals surface area (Å²) in [6, 6.07) is 6.20. The second kappa shape index (κ2) is 5.64. The van der Waals surface area contributed by atoms with Gasteiger partial charge in [-0.05, 0) is 18.2 Å². The molecule has 0 amide bonds. The molecule has 0 bridgehead atoms. The van der Waals surface area contributed by atoms with Gasteiger partial charge in [-0.15, -0.1) is 0 Å². The number of aromatic hydroxyl groups is 1. The van der Waals surface area contributed by atoms with Crippen LogP contribution < -0.4 is 5.32 Å². The predicted octanol–water partition coefficient (Wildman–Crippen LogP) is 4.28. The number of phenolic OH excluding ortho intramolecular Hbond substituents is 1. The SMILES string of the molecule is O=[N+]([O-])c1ccc(CNc2cc(Cl)c(O)c(Cl)c2)s1. The Balaban J connectivity index is 2.08. The molecule has 0 atom stereocenters. The highest BCUT2D eigenvalue weighted by Gasteiger charge is 2.10. The van der Waals surface area contributed by atoms with E-state index in [0.29, 0.717) is 12.2 Å². The minimum absolute atomic E-state index is 0.0959. The third-order valence-corrected chi connectivity index (χ3v) is 3.92. The number of phenols is 1. The molecule has 100 valence electrons. The highest BCUT2D eigenvalue weighted by atomic mass is 35.5. The Morgan fingerprint density at radius 1 is 1.32 bits per heavy atom. The number of nitro groups is 1. The van der Waals surface area contributed by atoms with E-state index < -0.39 is 4.92 Å². The average Bonchev–Trinajstić information content (AvgIpc) is 2.82. The summed E-state index contributed by atoms with van der Waals surface area (Å²) in [6.45, 7) is 0.413. The zero-order chi connectivity index (χ0) is 14.0. The lowest BCUT2D eigenvalue weighted by Gasteiger charge is -2.07. The van der Waals surface area contributed by atoms with E-state index in [-0.39, 0.29) is 20.8 Å². The van der Waals surface area contributed by atoms with Gasteiger partial charge in [-0.3, -0.25) is 10.1 Å². The molecule has 1 heterocycles. The summed E-state index contributed by atoms with van der Waals surface area (Å²) in [6.07, 6.45) is 0. The van der Waals surface area contributed by atoms with Crippen LogP contribution in [-0.2, 0) is 6.54 Å². The number of rotatable bonds is 4. The molecule has 19 heavy (non-hydrogen) atoms. The maximum Gasteiger partial charge on any atom is 0.324 e. The fraction of sp³-hybridized carbons (Fsp3) is 0.0909. The van der Waals surface area contributed by atoms with Crippen molar-refractivity contribution in [2.75, 3.05) is 5.32 Å². The number of hydrogen-bond donors (Lipinski definition) is 2. The molecule has 0 aliphatic heterocycles. The van der Waals surface area contributed by atoms with Crippen LogP contribution >= 0.6 is 34.5 Å². The zero-order valence-corrected chi connectivity index (χ0v) is 11.7. The van der Waals surface area contributed by atoms with Crippen LogP contribution in [0.25, 0.3) is 0 Å². The van der Waals surface area contributed by atoms with E-state index in [2.05, 4.69) is 5.32 Å². The Morgan fingerprint density at radius 2 is 1.95 bits per heavy atom. The van der Waals surface area contributed by atoms with Gasteiger partial charge >= 0.3 is 5.00 Å². The van der Waals surface area contributed by atoms with Crippen molar-refractivity contribution < 1.29 is 10.0 Å². The normalized spacial score (nSPS) is 10.4. The van der Waals surface area contributed by atoms with Crippen LogP contribution in [0.15, 0.2) is 24.3 Å². The van der Waals surface area contributed by atoms with Crippen molar-refractivity contribution in [1.29, 1.82) is 0 Å². The van der Waals surface area contributed by atoms with Crippen molar-refractivity contribution in [3.05, 3.63) is 49.3 Å². The summed E-state index contributed by atoms with van der Waals surface area (Å²) in [7, 11) is 0. The van der Waals surface area contributed by atoms with Crippen molar-refractivity contribution in [1.82, 2.24) is 0 Å². The minimum Gasteiger partial charge on any atom is -0.505 e. The average molecular weight is 319 g/mol. The quantitative estimate of drug-likeness (QED) is 0.501. The zero-order valence-electron chi connectivity index (χ0n) is 9.39. The second-order valence-corrected chi connectivity index (χ2v) is 5.60. The first kappa shape index (κ1) is 13.9. The lowest BCUT2D eigenvalue weighted by Crippen LogP contribution is -1.97. The predicted molar refractivity (Wildman–Crippen MR) is 76.4 cm³/mol. The van der Waals surface area contributed by atoms with Gasteiger partial charge < -0.3 is 10.4 Å². The maximum absolute atomic E-state index is 10.5. The monoisotopic (exact) mass is 318 g/mol. The first-order valence-electron chi connectivity index (χ1n) is 5.12. The Morgan fingerprint density at radius 3 is 2.47 bits per heavy atom. The van der Waals surface area contributed by atoms with Crippen LogP contribution in [-0.4, -0.2) is 10.0 Å². The molecule has 8 heteroatoms. The van der Waals surface area contributed by atoms with E-state index in [1.807, 2.05) is 0 Å². The number of thiophene rings is 1. The Bertz CT molecular complexity index is 607. The van der Waals surface area contributed by atoms with Crippen molar-refractivity contribution in [3.63, 3.8) is 0 Å². The molecular weight excluding hydrogens is 311 g/mol. The van der Waals surface area contributed by atoms with Gasteiger partial charge in [0.05, 0.1) is 15.0 Å². The molecule has 0 fully saturated rings. The van der Waals surface area contributed by atoms with Gasteiger partial charge in [-0.1, -0.05) is 34.5 Å². The Kier molecular flexibility index (Phi) is 4.14. The van der Waals surface area contributed by atoms with Crippen LogP contribution in [0, 0.1) is 10.1 Å². The van der Waals surface area contributed by atoms with Gasteiger partial charge in [0, 0.05) is 23.2 Å². The maximum atomic E-state index is 10.5. The standard InChI is InChI=1S/C11H8Cl2N2O3S/c12-8-3-6(4-9(13)11(8)16)14-5-7-1-2-10(19-7)15(17)18/h1-4,14,16H,5H2. The van der Waals surface area contributed by atoms with Crippen LogP contribution in [0.3, 0.4) is 0 Å². The van der Waals surface area contributed by atoms with Crippen LogP contribution in [0.1, 0.15) is 4.88 Å². The van der Waals surface area contributed by atoms with Crippen LogP contribution in [0.5, 0.6) is 5.75 Å². The fourth-order valence-corrected chi connectivity index (χ4v) is 2.66. The number of anilines is 1. The Hall–Kier alpha value is -1.50. The summed E-state index contributed by atoms with van der Waals surface area (Å²) in [4.78, 5) is 10.9. The van der Waals surface area contributed by atoms with Crippen molar-refractivity contribution in [3.8, 4) is 5.75 Å².